The van der Waals surface area contributed by atoms with Crippen molar-refractivity contribution in [2.45, 2.75) is 6.92 Å². The van der Waals surface area contributed by atoms with Crippen molar-refractivity contribution in [3.63, 3.8) is 0 Å². The molecule has 2 heterocycles. The topological polar surface area (TPSA) is 91.8 Å². The van der Waals surface area contributed by atoms with E-state index in [-0.39, 0.29) is 36.9 Å². The molecule has 0 fully saturated rings. The quantitative estimate of drug-likeness (QED) is 0.756. The Labute approximate surface area is 157 Å². The van der Waals surface area contributed by atoms with Gasteiger partial charge in [-0.15, -0.1) is 0 Å². The molecule has 7 nitrogen and oxygen atoms in total. The lowest BCUT2D eigenvalue weighted by Gasteiger charge is -2.15. The number of esters is 1. The zero-order valence-electron chi connectivity index (χ0n) is 15.2. The highest BCUT2D eigenvalue weighted by Crippen LogP contribution is 2.26. The number of ether oxygens (including phenoxy) is 1. The molecule has 1 amide bonds. The number of nitrogens with zero attached hydrogens (tertiary/aromatic N) is 2. The summed E-state index contributed by atoms with van der Waals surface area (Å²) in [5.74, 6) is -0.902. The summed E-state index contributed by atoms with van der Waals surface area (Å²) in [7, 11) is 1.27. The SMILES string of the molecule is COC(=O)C1=C(Nc2ccc(-c3ncccc3C)cc2)C(=O)N(CCO)C1. The second-order valence-electron chi connectivity index (χ2n) is 6.17. The Morgan fingerprint density at radius 2 is 2.04 bits per heavy atom. The summed E-state index contributed by atoms with van der Waals surface area (Å²) in [6.07, 6.45) is 1.74. The number of hydrogen-bond acceptors (Lipinski definition) is 6. The van der Waals surface area contributed by atoms with Crippen LogP contribution in [0.1, 0.15) is 5.56 Å². The van der Waals surface area contributed by atoms with Gasteiger partial charge < -0.3 is 20.1 Å². The minimum Gasteiger partial charge on any atom is -0.466 e. The lowest BCUT2D eigenvalue weighted by molar-refractivity contribution is -0.136. The van der Waals surface area contributed by atoms with Crippen LogP contribution >= 0.6 is 0 Å². The molecule has 140 valence electrons. The van der Waals surface area contributed by atoms with Gasteiger partial charge in [-0.25, -0.2) is 4.79 Å². The molecule has 1 aliphatic rings. The van der Waals surface area contributed by atoms with Crippen molar-refractivity contribution >= 4 is 17.6 Å². The normalized spacial score (nSPS) is 13.9. The van der Waals surface area contributed by atoms with Crippen molar-refractivity contribution in [2.24, 2.45) is 0 Å². The molecular weight excluding hydrogens is 346 g/mol. The molecule has 0 bridgehead atoms. The van der Waals surface area contributed by atoms with Gasteiger partial charge in [0.05, 0.1) is 31.5 Å². The summed E-state index contributed by atoms with van der Waals surface area (Å²) >= 11 is 0. The standard InChI is InChI=1S/C20H21N3O4/c1-13-4-3-9-21-17(13)14-5-7-15(8-6-14)22-18-16(20(26)27-2)12-23(10-11-24)19(18)25/h3-9,22,24H,10-12H2,1-2H3. The molecular formula is C20H21N3O4. The summed E-state index contributed by atoms with van der Waals surface area (Å²) in [5.41, 5.74) is 4.02. The number of amides is 1. The van der Waals surface area contributed by atoms with Crippen molar-refractivity contribution in [1.82, 2.24) is 9.88 Å². The maximum absolute atomic E-state index is 12.5. The summed E-state index contributed by atoms with van der Waals surface area (Å²) in [6.45, 7) is 2.09. The van der Waals surface area contributed by atoms with Gasteiger partial charge in [-0.3, -0.25) is 9.78 Å². The summed E-state index contributed by atoms with van der Waals surface area (Å²) in [5, 5.41) is 12.1. The van der Waals surface area contributed by atoms with Crippen LogP contribution in [0.2, 0.25) is 0 Å². The first kappa shape index (κ1) is 18.6. The summed E-state index contributed by atoms with van der Waals surface area (Å²) < 4.78 is 4.78. The number of anilines is 1. The van der Waals surface area contributed by atoms with Crippen LogP contribution in [0.25, 0.3) is 11.3 Å². The van der Waals surface area contributed by atoms with Gasteiger partial charge in [0.25, 0.3) is 5.91 Å². The third-order valence-electron chi connectivity index (χ3n) is 4.39. The summed E-state index contributed by atoms with van der Waals surface area (Å²) in [4.78, 5) is 30.4. The van der Waals surface area contributed by atoms with E-state index in [1.54, 1.807) is 6.20 Å². The van der Waals surface area contributed by atoms with Gasteiger partial charge in [-0.05, 0) is 30.7 Å². The van der Waals surface area contributed by atoms with Gasteiger partial charge in [-0.1, -0.05) is 18.2 Å². The molecule has 2 N–H and O–H groups in total. The van der Waals surface area contributed by atoms with Crippen LogP contribution in [-0.2, 0) is 14.3 Å². The molecule has 2 aromatic rings. The van der Waals surface area contributed by atoms with Crippen LogP contribution in [0, 0.1) is 6.92 Å². The first-order valence-electron chi connectivity index (χ1n) is 8.55. The van der Waals surface area contributed by atoms with Crippen molar-refractivity contribution in [3.8, 4) is 11.3 Å². The molecule has 0 spiro atoms. The zero-order valence-corrected chi connectivity index (χ0v) is 15.2. The number of nitrogens with one attached hydrogen (secondary N) is 1. The maximum Gasteiger partial charge on any atom is 0.337 e. The van der Waals surface area contributed by atoms with E-state index in [9.17, 15) is 9.59 Å². The number of pyridine rings is 1. The van der Waals surface area contributed by atoms with E-state index in [0.717, 1.165) is 16.8 Å². The minimum absolute atomic E-state index is 0.111. The Balaban J connectivity index is 1.85. The van der Waals surface area contributed by atoms with Crippen molar-refractivity contribution in [1.29, 1.82) is 0 Å². The van der Waals surface area contributed by atoms with Gasteiger partial charge >= 0.3 is 5.97 Å². The van der Waals surface area contributed by atoms with E-state index in [1.807, 2.05) is 43.3 Å². The molecule has 0 aliphatic carbocycles. The minimum atomic E-state index is -0.563. The molecule has 0 unspecified atom stereocenters. The van der Waals surface area contributed by atoms with Gasteiger partial charge in [0.1, 0.15) is 5.70 Å². The average Bonchev–Trinajstić information content (AvgIpc) is 2.99. The molecule has 1 aliphatic heterocycles. The molecule has 0 saturated carbocycles. The second-order valence-corrected chi connectivity index (χ2v) is 6.17. The number of carbonyl (C=O) groups excluding carboxylic acids is 2. The van der Waals surface area contributed by atoms with Crippen molar-refractivity contribution in [2.75, 3.05) is 32.1 Å². The molecule has 1 aromatic carbocycles. The monoisotopic (exact) mass is 367 g/mol. The van der Waals surface area contributed by atoms with E-state index < -0.39 is 5.97 Å². The number of rotatable bonds is 6. The lowest BCUT2D eigenvalue weighted by Crippen LogP contribution is -2.31. The molecule has 0 radical (unpaired) electrons. The zero-order chi connectivity index (χ0) is 19.4. The third-order valence-corrected chi connectivity index (χ3v) is 4.39. The molecule has 0 saturated heterocycles. The van der Waals surface area contributed by atoms with E-state index in [0.29, 0.717) is 5.69 Å². The van der Waals surface area contributed by atoms with Crippen LogP contribution in [0.4, 0.5) is 5.69 Å². The molecule has 27 heavy (non-hydrogen) atoms. The van der Waals surface area contributed by atoms with Crippen LogP contribution in [-0.4, -0.2) is 53.7 Å². The number of aliphatic hydroxyl groups is 1. The first-order chi connectivity index (χ1) is 13.0. The smallest absolute Gasteiger partial charge is 0.337 e. The number of methoxy groups -OCH3 is 1. The lowest BCUT2D eigenvalue weighted by atomic mass is 10.1. The number of hydrogen-bond donors (Lipinski definition) is 2. The van der Waals surface area contributed by atoms with Crippen LogP contribution in [0.3, 0.4) is 0 Å². The Morgan fingerprint density at radius 3 is 2.67 bits per heavy atom. The van der Waals surface area contributed by atoms with Crippen LogP contribution in [0.15, 0.2) is 53.9 Å². The number of benzene rings is 1. The molecule has 3 rings (SSSR count). The molecule has 0 atom stereocenters. The predicted molar refractivity (Wildman–Crippen MR) is 101 cm³/mol. The van der Waals surface area contributed by atoms with Crippen molar-refractivity contribution < 1.29 is 19.4 Å². The largest absolute Gasteiger partial charge is 0.466 e. The Morgan fingerprint density at radius 1 is 1.30 bits per heavy atom. The van der Waals surface area contributed by atoms with Gasteiger partial charge in [0, 0.05) is 24.0 Å². The van der Waals surface area contributed by atoms with Gasteiger partial charge in [0.2, 0.25) is 0 Å². The third kappa shape index (κ3) is 3.83. The second kappa shape index (κ2) is 8.01. The molecule has 7 heteroatoms. The van der Waals surface area contributed by atoms with E-state index in [1.165, 1.54) is 12.0 Å². The van der Waals surface area contributed by atoms with Crippen LogP contribution in [0.5, 0.6) is 0 Å². The fourth-order valence-electron chi connectivity index (χ4n) is 2.99. The highest BCUT2D eigenvalue weighted by atomic mass is 16.5. The fraction of sp³-hybridized carbons (Fsp3) is 0.250. The number of aliphatic hydroxyl groups excluding tert-OH is 1. The number of carbonyl (C=O) groups is 2. The highest BCUT2D eigenvalue weighted by molar-refractivity contribution is 6.08. The van der Waals surface area contributed by atoms with Gasteiger partial charge in [-0.2, -0.15) is 0 Å². The van der Waals surface area contributed by atoms with Gasteiger partial charge in [0.15, 0.2) is 0 Å². The average molecular weight is 367 g/mol. The van der Waals surface area contributed by atoms with Crippen molar-refractivity contribution in [3.05, 3.63) is 59.4 Å². The fourth-order valence-corrected chi connectivity index (χ4v) is 2.99. The summed E-state index contributed by atoms with van der Waals surface area (Å²) in [6, 6.07) is 11.3. The Hall–Kier alpha value is -3.19. The van der Waals surface area contributed by atoms with Crippen LogP contribution < -0.4 is 5.32 Å². The molecule has 1 aromatic heterocycles. The number of β-amino-alcohol motifs (C(OH)–C–C–N with tert-alkyl or cyclic N) is 1. The first-order valence-corrected chi connectivity index (χ1v) is 8.55. The Kier molecular flexibility index (Phi) is 5.52. The van der Waals surface area contributed by atoms with E-state index >= 15 is 0 Å². The number of aromatic nitrogens is 1. The number of aryl methyl sites for hydroxylation is 1. The maximum atomic E-state index is 12.5. The highest BCUT2D eigenvalue weighted by Gasteiger charge is 2.34. The van der Waals surface area contributed by atoms with E-state index in [2.05, 4.69) is 10.3 Å². The van der Waals surface area contributed by atoms with E-state index in [4.69, 9.17) is 9.84 Å². The Bertz CT molecular complexity index is 890. The predicted octanol–water partition coefficient (Wildman–Crippen LogP) is 1.73.